The first-order valence-electron chi connectivity index (χ1n) is 7.05. The standard InChI is InChI=1S/C13H26N2O3/c1-2-16-10-12(15-14)11-3-6-18-13(9-11)4-7-17-8-5-13/h11-12,15H,2-10,14H2,1H3. The topological polar surface area (TPSA) is 65.7 Å². The summed E-state index contributed by atoms with van der Waals surface area (Å²) in [5, 5.41) is 0. The van der Waals surface area contributed by atoms with Crippen LogP contribution >= 0.6 is 0 Å². The van der Waals surface area contributed by atoms with E-state index >= 15 is 0 Å². The van der Waals surface area contributed by atoms with Crippen LogP contribution in [0.3, 0.4) is 0 Å². The largest absolute Gasteiger partial charge is 0.381 e. The third-order valence-corrected chi connectivity index (χ3v) is 4.22. The molecule has 1 spiro atoms. The Bertz CT molecular complexity index is 239. The normalized spacial score (nSPS) is 29.3. The molecule has 0 aliphatic carbocycles. The predicted octanol–water partition coefficient (Wildman–Crippen LogP) is 0.831. The zero-order chi connectivity index (χ0) is 12.8. The molecule has 2 atom stereocenters. The van der Waals surface area contributed by atoms with E-state index in [1.54, 1.807) is 0 Å². The van der Waals surface area contributed by atoms with Crippen molar-refractivity contribution in [3.05, 3.63) is 0 Å². The van der Waals surface area contributed by atoms with Crippen molar-refractivity contribution in [1.82, 2.24) is 5.43 Å². The average molecular weight is 258 g/mol. The molecule has 106 valence electrons. The van der Waals surface area contributed by atoms with Crippen molar-refractivity contribution in [2.75, 3.05) is 33.0 Å². The van der Waals surface area contributed by atoms with Gasteiger partial charge in [-0.3, -0.25) is 11.3 Å². The van der Waals surface area contributed by atoms with Gasteiger partial charge < -0.3 is 14.2 Å². The first kappa shape index (κ1) is 14.2. The summed E-state index contributed by atoms with van der Waals surface area (Å²) >= 11 is 0. The highest BCUT2D eigenvalue weighted by molar-refractivity contribution is 4.92. The van der Waals surface area contributed by atoms with Crippen molar-refractivity contribution in [3.8, 4) is 0 Å². The molecule has 2 saturated heterocycles. The monoisotopic (exact) mass is 258 g/mol. The van der Waals surface area contributed by atoms with Crippen molar-refractivity contribution in [2.45, 2.75) is 44.2 Å². The van der Waals surface area contributed by atoms with Crippen LogP contribution in [0.25, 0.3) is 0 Å². The van der Waals surface area contributed by atoms with Crippen molar-refractivity contribution >= 4 is 0 Å². The molecule has 2 fully saturated rings. The third kappa shape index (κ3) is 3.42. The molecule has 3 N–H and O–H groups in total. The molecule has 0 aromatic carbocycles. The van der Waals surface area contributed by atoms with Crippen LogP contribution < -0.4 is 11.3 Å². The summed E-state index contributed by atoms with van der Waals surface area (Å²) in [6.07, 6.45) is 4.15. The zero-order valence-corrected chi connectivity index (χ0v) is 11.3. The van der Waals surface area contributed by atoms with Crippen LogP contribution in [-0.4, -0.2) is 44.7 Å². The Balaban J connectivity index is 1.91. The minimum atomic E-state index is 0.0302. The number of hydrazine groups is 1. The highest BCUT2D eigenvalue weighted by atomic mass is 16.5. The van der Waals surface area contributed by atoms with E-state index in [1.165, 1.54) is 0 Å². The van der Waals surface area contributed by atoms with Gasteiger partial charge in [-0.1, -0.05) is 0 Å². The van der Waals surface area contributed by atoms with Crippen LogP contribution in [0.4, 0.5) is 0 Å². The summed E-state index contributed by atoms with van der Waals surface area (Å²) in [6.45, 7) is 5.90. The van der Waals surface area contributed by atoms with Crippen molar-refractivity contribution in [1.29, 1.82) is 0 Å². The van der Waals surface area contributed by atoms with Crippen LogP contribution in [0.5, 0.6) is 0 Å². The summed E-state index contributed by atoms with van der Waals surface area (Å²) in [7, 11) is 0. The number of nitrogens with one attached hydrogen (secondary N) is 1. The summed E-state index contributed by atoms with van der Waals surface area (Å²) < 4.78 is 17.0. The molecule has 0 saturated carbocycles. The molecule has 0 aromatic heterocycles. The van der Waals surface area contributed by atoms with E-state index in [2.05, 4.69) is 5.43 Å². The number of ether oxygens (including phenoxy) is 3. The summed E-state index contributed by atoms with van der Waals surface area (Å²) in [5.41, 5.74) is 2.95. The van der Waals surface area contributed by atoms with Gasteiger partial charge in [0.05, 0.1) is 12.2 Å². The van der Waals surface area contributed by atoms with Crippen molar-refractivity contribution in [3.63, 3.8) is 0 Å². The van der Waals surface area contributed by atoms with E-state index in [0.717, 1.165) is 52.1 Å². The Kier molecular flexibility index (Phi) is 5.38. The molecule has 18 heavy (non-hydrogen) atoms. The van der Waals surface area contributed by atoms with E-state index < -0.39 is 0 Å². The Morgan fingerprint density at radius 3 is 2.83 bits per heavy atom. The minimum absolute atomic E-state index is 0.0302. The first-order chi connectivity index (χ1) is 8.79. The van der Waals surface area contributed by atoms with Gasteiger partial charge >= 0.3 is 0 Å². The van der Waals surface area contributed by atoms with Crippen molar-refractivity contribution in [2.24, 2.45) is 11.8 Å². The number of hydrogen-bond acceptors (Lipinski definition) is 5. The SMILES string of the molecule is CCOCC(NN)C1CCOC2(CCOCC2)C1. The number of nitrogens with two attached hydrogens (primary N) is 1. The van der Waals surface area contributed by atoms with E-state index in [-0.39, 0.29) is 11.6 Å². The van der Waals surface area contributed by atoms with Gasteiger partial charge in [0.25, 0.3) is 0 Å². The Hall–Kier alpha value is -0.200. The second-order valence-corrected chi connectivity index (χ2v) is 5.33. The molecular weight excluding hydrogens is 232 g/mol. The van der Waals surface area contributed by atoms with Gasteiger partial charge in [0, 0.05) is 32.5 Å². The first-order valence-corrected chi connectivity index (χ1v) is 7.05. The fourth-order valence-electron chi connectivity index (χ4n) is 3.07. The second-order valence-electron chi connectivity index (χ2n) is 5.33. The molecule has 0 aromatic rings. The molecular formula is C13H26N2O3. The molecule has 2 aliphatic heterocycles. The Morgan fingerprint density at radius 1 is 1.39 bits per heavy atom. The average Bonchev–Trinajstić information content (AvgIpc) is 2.41. The zero-order valence-electron chi connectivity index (χ0n) is 11.3. The Labute approximate surface area is 109 Å². The number of hydrogen-bond donors (Lipinski definition) is 2. The highest BCUT2D eigenvalue weighted by Crippen LogP contribution is 2.38. The molecule has 2 heterocycles. The van der Waals surface area contributed by atoms with Gasteiger partial charge in [-0.2, -0.15) is 0 Å². The van der Waals surface area contributed by atoms with Gasteiger partial charge in [0.2, 0.25) is 0 Å². The predicted molar refractivity (Wildman–Crippen MR) is 69.1 cm³/mol. The van der Waals surface area contributed by atoms with E-state index in [4.69, 9.17) is 20.1 Å². The van der Waals surface area contributed by atoms with Crippen molar-refractivity contribution < 1.29 is 14.2 Å². The maximum absolute atomic E-state index is 6.05. The lowest BCUT2D eigenvalue weighted by Gasteiger charge is -2.45. The lowest BCUT2D eigenvalue weighted by molar-refractivity contribution is -0.152. The van der Waals surface area contributed by atoms with Crippen LogP contribution in [0, 0.1) is 5.92 Å². The van der Waals surface area contributed by atoms with Gasteiger partial charge in [-0.25, -0.2) is 0 Å². The molecule has 0 radical (unpaired) electrons. The maximum Gasteiger partial charge on any atom is 0.0729 e. The van der Waals surface area contributed by atoms with Gasteiger partial charge in [-0.15, -0.1) is 0 Å². The third-order valence-electron chi connectivity index (χ3n) is 4.22. The summed E-state index contributed by atoms with van der Waals surface area (Å²) in [6, 6.07) is 0.230. The molecule has 2 unspecified atom stereocenters. The highest BCUT2D eigenvalue weighted by Gasteiger charge is 2.41. The molecule has 2 rings (SSSR count). The fourth-order valence-corrected chi connectivity index (χ4v) is 3.07. The molecule has 5 heteroatoms. The van der Waals surface area contributed by atoms with Gasteiger partial charge in [0.15, 0.2) is 0 Å². The molecule has 5 nitrogen and oxygen atoms in total. The van der Waals surface area contributed by atoms with Crippen LogP contribution in [0.1, 0.15) is 32.6 Å². The quantitative estimate of drug-likeness (QED) is 0.565. The molecule has 0 amide bonds. The van der Waals surface area contributed by atoms with Crippen LogP contribution in [0.15, 0.2) is 0 Å². The summed E-state index contributed by atoms with van der Waals surface area (Å²) in [4.78, 5) is 0. The smallest absolute Gasteiger partial charge is 0.0729 e. The van der Waals surface area contributed by atoms with E-state index in [9.17, 15) is 0 Å². The van der Waals surface area contributed by atoms with E-state index in [0.29, 0.717) is 12.5 Å². The molecule has 0 bridgehead atoms. The van der Waals surface area contributed by atoms with Gasteiger partial charge in [-0.05, 0) is 38.5 Å². The minimum Gasteiger partial charge on any atom is -0.381 e. The Morgan fingerprint density at radius 2 is 2.17 bits per heavy atom. The van der Waals surface area contributed by atoms with E-state index in [1.807, 2.05) is 6.92 Å². The summed E-state index contributed by atoms with van der Waals surface area (Å²) in [5.74, 6) is 6.20. The lowest BCUT2D eigenvalue weighted by Crippen LogP contribution is -2.52. The van der Waals surface area contributed by atoms with Crippen LogP contribution in [0.2, 0.25) is 0 Å². The fraction of sp³-hybridized carbons (Fsp3) is 1.00. The van der Waals surface area contributed by atoms with Crippen LogP contribution in [-0.2, 0) is 14.2 Å². The number of rotatable bonds is 5. The lowest BCUT2D eigenvalue weighted by atomic mass is 9.78. The maximum atomic E-state index is 6.05. The van der Waals surface area contributed by atoms with Gasteiger partial charge in [0.1, 0.15) is 0 Å². The molecule has 2 aliphatic rings. The second kappa shape index (κ2) is 6.82.